The highest BCUT2D eigenvalue weighted by Gasteiger charge is 2.23. The zero-order valence-corrected chi connectivity index (χ0v) is 29.2. The first kappa shape index (κ1) is 28.9. The van der Waals surface area contributed by atoms with Crippen LogP contribution in [0.5, 0.6) is 0 Å². The zero-order valence-electron chi connectivity index (χ0n) is 28.4. The van der Waals surface area contributed by atoms with Crippen LogP contribution in [0.4, 0.5) is 0 Å². The van der Waals surface area contributed by atoms with Gasteiger partial charge < -0.3 is 9.13 Å². The average molecular weight is 693 g/mol. The Balaban J connectivity index is 1.04. The first-order valence-corrected chi connectivity index (χ1v) is 18.7. The number of benzene rings is 7. The van der Waals surface area contributed by atoms with Crippen LogP contribution in [-0.2, 0) is 0 Å². The highest BCUT2D eigenvalue weighted by Crippen LogP contribution is 2.48. The molecule has 0 radical (unpaired) electrons. The van der Waals surface area contributed by atoms with E-state index in [4.69, 9.17) is 9.97 Å². The third-order valence-corrected chi connectivity index (χ3v) is 12.0. The lowest BCUT2D eigenvalue weighted by Gasteiger charge is -2.20. The van der Waals surface area contributed by atoms with Crippen molar-refractivity contribution < 1.29 is 0 Å². The fourth-order valence-corrected chi connectivity index (χ4v) is 9.70. The molecule has 12 rings (SSSR count). The summed E-state index contributed by atoms with van der Waals surface area (Å²) in [5, 5.41) is 9.46. The molecule has 4 aromatic heterocycles. The molecule has 4 nitrogen and oxygen atoms in total. The molecule has 11 aromatic rings. The molecule has 5 heteroatoms. The van der Waals surface area contributed by atoms with Gasteiger partial charge in [0.15, 0.2) is 0 Å². The SMILES string of the molecule is c1ccc(-n2c3ccccc3c3cc(-c4ccc5c(c4)c4ccccc4n5-c4ccc5nc6c7c(nccc7c5c4)-c4ccccc4S6)ccc32)cc1. The van der Waals surface area contributed by atoms with Gasteiger partial charge in [0.05, 0.1) is 33.3 Å². The Kier molecular flexibility index (Phi) is 5.96. The lowest BCUT2D eigenvalue weighted by atomic mass is 10.0. The van der Waals surface area contributed by atoms with Crippen molar-refractivity contribution in [2.45, 2.75) is 9.92 Å². The topological polar surface area (TPSA) is 35.6 Å². The number of fused-ring (bicyclic) bond motifs is 10. The monoisotopic (exact) mass is 692 g/mol. The molecule has 0 spiro atoms. The average Bonchev–Trinajstić information content (AvgIpc) is 3.73. The van der Waals surface area contributed by atoms with E-state index in [1.54, 1.807) is 11.8 Å². The first-order chi connectivity index (χ1) is 26.3. The van der Waals surface area contributed by atoms with E-state index in [0.717, 1.165) is 32.7 Å². The normalized spacial score (nSPS) is 12.5. The highest BCUT2D eigenvalue weighted by molar-refractivity contribution is 7.99. The van der Waals surface area contributed by atoms with Crippen molar-refractivity contribution in [3.05, 3.63) is 170 Å². The minimum absolute atomic E-state index is 0.993. The predicted molar refractivity (Wildman–Crippen MR) is 221 cm³/mol. The second-order valence-electron chi connectivity index (χ2n) is 13.8. The van der Waals surface area contributed by atoms with Gasteiger partial charge >= 0.3 is 0 Å². The molecule has 0 saturated heterocycles. The van der Waals surface area contributed by atoms with Crippen LogP contribution < -0.4 is 0 Å². The summed E-state index contributed by atoms with van der Waals surface area (Å²) in [6.07, 6.45) is 1.94. The molecule has 246 valence electrons. The maximum Gasteiger partial charge on any atom is 0.112 e. The molecule has 7 aromatic carbocycles. The molecular formula is C48H28N4S. The Morgan fingerprint density at radius 3 is 1.79 bits per heavy atom. The van der Waals surface area contributed by atoms with Gasteiger partial charge in [-0.3, -0.25) is 4.98 Å². The minimum Gasteiger partial charge on any atom is -0.309 e. The van der Waals surface area contributed by atoms with Gasteiger partial charge in [0.2, 0.25) is 0 Å². The van der Waals surface area contributed by atoms with E-state index in [-0.39, 0.29) is 0 Å². The zero-order chi connectivity index (χ0) is 34.6. The fraction of sp³-hybridized carbons (Fsp3) is 0. The molecular weight excluding hydrogens is 665 g/mol. The fourth-order valence-electron chi connectivity index (χ4n) is 8.62. The number of nitrogens with zero attached hydrogens (tertiary/aromatic N) is 4. The molecule has 1 aliphatic heterocycles. The van der Waals surface area contributed by atoms with Gasteiger partial charge in [-0.2, -0.15) is 0 Å². The van der Waals surface area contributed by atoms with Crippen molar-refractivity contribution in [3.63, 3.8) is 0 Å². The molecule has 0 fully saturated rings. The Hall–Kier alpha value is -6.69. The summed E-state index contributed by atoms with van der Waals surface area (Å²) in [5.41, 5.74) is 12.7. The molecule has 0 unspecified atom stereocenters. The van der Waals surface area contributed by atoms with E-state index in [0.29, 0.717) is 0 Å². The summed E-state index contributed by atoms with van der Waals surface area (Å²) >= 11 is 1.74. The van der Waals surface area contributed by atoms with Crippen LogP contribution in [0.25, 0.3) is 99.0 Å². The molecule has 0 N–H and O–H groups in total. The van der Waals surface area contributed by atoms with E-state index in [1.165, 1.54) is 76.3 Å². The summed E-state index contributed by atoms with van der Waals surface area (Å²) in [6, 6.07) is 59.3. The van der Waals surface area contributed by atoms with Crippen LogP contribution in [0, 0.1) is 0 Å². The predicted octanol–water partition coefficient (Wildman–Crippen LogP) is 12.8. The smallest absolute Gasteiger partial charge is 0.112 e. The molecule has 53 heavy (non-hydrogen) atoms. The summed E-state index contributed by atoms with van der Waals surface area (Å²) < 4.78 is 4.78. The maximum atomic E-state index is 5.20. The van der Waals surface area contributed by atoms with Gasteiger partial charge in [0.25, 0.3) is 0 Å². The van der Waals surface area contributed by atoms with Crippen LogP contribution in [0.15, 0.2) is 180 Å². The Morgan fingerprint density at radius 2 is 1.06 bits per heavy atom. The Morgan fingerprint density at radius 1 is 0.434 bits per heavy atom. The number of aromatic nitrogens is 4. The molecule has 0 amide bonds. The van der Waals surface area contributed by atoms with Gasteiger partial charge in [-0.05, 0) is 95.4 Å². The van der Waals surface area contributed by atoms with Crippen LogP contribution in [0.2, 0.25) is 0 Å². The van der Waals surface area contributed by atoms with Crippen LogP contribution in [0.1, 0.15) is 0 Å². The largest absolute Gasteiger partial charge is 0.309 e. The Labute approximate surface area is 308 Å². The highest BCUT2D eigenvalue weighted by atomic mass is 32.2. The number of pyridine rings is 2. The molecule has 0 aliphatic carbocycles. The lowest BCUT2D eigenvalue weighted by Crippen LogP contribution is -1.99. The Bertz CT molecular complexity index is 3320. The van der Waals surface area contributed by atoms with Gasteiger partial charge in [-0.1, -0.05) is 96.7 Å². The second-order valence-corrected chi connectivity index (χ2v) is 14.8. The van der Waals surface area contributed by atoms with Crippen molar-refractivity contribution in [1.82, 2.24) is 19.1 Å². The second kappa shape index (κ2) is 10.9. The van der Waals surface area contributed by atoms with Crippen molar-refractivity contribution >= 4 is 77.0 Å². The maximum absolute atomic E-state index is 5.20. The third kappa shape index (κ3) is 4.14. The van der Waals surface area contributed by atoms with Gasteiger partial charge in [-0.25, -0.2) is 4.98 Å². The van der Waals surface area contributed by atoms with Gasteiger partial charge in [-0.15, -0.1) is 0 Å². The number of para-hydroxylation sites is 3. The van der Waals surface area contributed by atoms with Gasteiger partial charge in [0, 0.05) is 60.3 Å². The molecule has 1 aliphatic rings. The first-order valence-electron chi connectivity index (χ1n) is 17.9. The van der Waals surface area contributed by atoms with E-state index in [9.17, 15) is 0 Å². The van der Waals surface area contributed by atoms with Crippen LogP contribution in [-0.4, -0.2) is 19.1 Å². The van der Waals surface area contributed by atoms with Crippen LogP contribution in [0.3, 0.4) is 0 Å². The van der Waals surface area contributed by atoms with E-state index < -0.39 is 0 Å². The molecule has 0 bridgehead atoms. The summed E-state index contributed by atoms with van der Waals surface area (Å²) in [5.74, 6) is 0. The van der Waals surface area contributed by atoms with Crippen molar-refractivity contribution in [2.24, 2.45) is 0 Å². The lowest BCUT2D eigenvalue weighted by molar-refractivity contribution is 1.17. The summed E-state index contributed by atoms with van der Waals surface area (Å²) in [6.45, 7) is 0. The van der Waals surface area contributed by atoms with Gasteiger partial charge in [0.1, 0.15) is 5.03 Å². The standard InChI is InChI=1S/C48H28N4S/c1-2-10-31(11-3-1)51-41-15-7-4-12-33(41)38-26-29(18-22-43(38)51)30-19-23-44-39(27-30)34-13-5-8-16-42(34)52(44)32-20-21-40-37(28-32)35-24-25-49-47-36-14-6-9-17-45(36)53-48(50-40)46(35)47/h1-28H. The number of hydrogen-bond donors (Lipinski definition) is 0. The third-order valence-electron chi connectivity index (χ3n) is 11.0. The van der Waals surface area contributed by atoms with E-state index in [2.05, 4.69) is 173 Å². The minimum atomic E-state index is 0.993. The molecule has 5 heterocycles. The van der Waals surface area contributed by atoms with Crippen molar-refractivity contribution in [1.29, 1.82) is 0 Å². The number of rotatable bonds is 3. The summed E-state index contributed by atoms with van der Waals surface area (Å²) in [4.78, 5) is 11.3. The summed E-state index contributed by atoms with van der Waals surface area (Å²) in [7, 11) is 0. The van der Waals surface area contributed by atoms with E-state index in [1.807, 2.05) is 6.20 Å². The van der Waals surface area contributed by atoms with Crippen molar-refractivity contribution in [2.75, 3.05) is 0 Å². The molecule has 0 saturated carbocycles. The van der Waals surface area contributed by atoms with E-state index >= 15 is 0 Å². The number of hydrogen-bond acceptors (Lipinski definition) is 3. The molecule has 0 atom stereocenters. The quantitative estimate of drug-likeness (QED) is 0.173. The van der Waals surface area contributed by atoms with Crippen molar-refractivity contribution in [3.8, 4) is 33.8 Å². The van der Waals surface area contributed by atoms with Crippen LogP contribution >= 0.6 is 11.8 Å².